The lowest BCUT2D eigenvalue weighted by molar-refractivity contribution is -0.142. The summed E-state index contributed by atoms with van der Waals surface area (Å²) in [5, 5.41) is 8.39. The van der Waals surface area contributed by atoms with E-state index >= 15 is 0 Å². The second-order valence-corrected chi connectivity index (χ2v) is 7.86. The van der Waals surface area contributed by atoms with Gasteiger partial charge in [0, 0.05) is 25.1 Å². The Balaban J connectivity index is 1.70. The lowest BCUT2D eigenvalue weighted by Crippen LogP contribution is -2.09. The summed E-state index contributed by atoms with van der Waals surface area (Å²) in [7, 11) is 4.68. The lowest BCUT2D eigenvalue weighted by atomic mass is 10.2. The molecule has 12 nitrogen and oxygen atoms in total. The number of hydrogen-bond acceptors (Lipinski definition) is 10. The molecule has 0 unspecified atom stereocenters. The summed E-state index contributed by atoms with van der Waals surface area (Å²) < 4.78 is 25.0. The molecule has 3 aromatic heterocycles. The number of rotatable bonds is 9. The molecular weight excluding hydrogens is 454 g/mol. The number of esters is 1. The summed E-state index contributed by atoms with van der Waals surface area (Å²) >= 11 is 0. The van der Waals surface area contributed by atoms with Gasteiger partial charge in [-0.15, -0.1) is 0 Å². The third kappa shape index (κ3) is 4.81. The number of carbonyl (C=O) groups excluding carboxylic acids is 1. The molecule has 0 aliphatic heterocycles. The molecule has 12 heteroatoms. The summed E-state index contributed by atoms with van der Waals surface area (Å²) in [6.07, 6.45) is 5.15. The summed E-state index contributed by atoms with van der Waals surface area (Å²) in [4.78, 5) is 24.8. The van der Waals surface area contributed by atoms with E-state index in [4.69, 9.17) is 18.9 Å². The van der Waals surface area contributed by atoms with E-state index in [-0.39, 0.29) is 12.6 Å². The predicted molar refractivity (Wildman–Crippen MR) is 128 cm³/mol. The predicted octanol–water partition coefficient (Wildman–Crippen LogP) is 3.43. The maximum Gasteiger partial charge on any atom is 0.303 e. The Morgan fingerprint density at radius 2 is 1.80 bits per heavy atom. The van der Waals surface area contributed by atoms with Crippen LogP contribution in [0.4, 0.5) is 11.6 Å². The fourth-order valence-electron chi connectivity index (χ4n) is 3.54. The fraction of sp³-hybridized carbons (Fsp3) is 0.348. The minimum atomic E-state index is -0.412. The van der Waals surface area contributed by atoms with E-state index in [9.17, 15) is 4.79 Å². The highest BCUT2D eigenvalue weighted by Gasteiger charge is 2.17. The van der Waals surface area contributed by atoms with E-state index in [0.29, 0.717) is 45.7 Å². The van der Waals surface area contributed by atoms with Gasteiger partial charge in [0.05, 0.1) is 44.8 Å². The molecule has 0 aliphatic carbocycles. The fourth-order valence-corrected chi connectivity index (χ4v) is 3.54. The van der Waals surface area contributed by atoms with Gasteiger partial charge in [-0.05, 0) is 13.8 Å². The van der Waals surface area contributed by atoms with E-state index in [2.05, 4.69) is 25.4 Å². The molecule has 0 spiro atoms. The van der Waals surface area contributed by atoms with Crippen molar-refractivity contribution < 1.29 is 23.7 Å². The second kappa shape index (κ2) is 9.87. The Hall–Kier alpha value is -4.35. The SMILES string of the molecule is COc1cc(-n2cnc(Nc3nc(COC(C)=O)nc4c3cnn4C(C)C)c2)cc(OC)c1OC. The maximum absolute atomic E-state index is 11.3. The molecule has 0 fully saturated rings. The molecule has 0 aliphatic rings. The van der Waals surface area contributed by atoms with Crippen molar-refractivity contribution in [3.05, 3.63) is 36.7 Å². The highest BCUT2D eigenvalue weighted by molar-refractivity contribution is 5.88. The summed E-state index contributed by atoms with van der Waals surface area (Å²) in [5.41, 5.74) is 1.39. The molecule has 1 N–H and O–H groups in total. The van der Waals surface area contributed by atoms with Gasteiger partial charge in [0.1, 0.15) is 18.0 Å². The number of anilines is 2. The Bertz CT molecular complexity index is 1340. The average molecular weight is 482 g/mol. The molecule has 1 aromatic carbocycles. The molecule has 0 atom stereocenters. The first-order valence-corrected chi connectivity index (χ1v) is 10.8. The molecule has 0 saturated heterocycles. The van der Waals surface area contributed by atoms with Gasteiger partial charge >= 0.3 is 5.97 Å². The van der Waals surface area contributed by atoms with E-state index in [1.54, 1.807) is 44.7 Å². The maximum atomic E-state index is 11.3. The number of ether oxygens (including phenoxy) is 4. The molecule has 0 bridgehead atoms. The van der Waals surface area contributed by atoms with Crippen molar-refractivity contribution in [3.8, 4) is 22.9 Å². The van der Waals surface area contributed by atoms with Crippen LogP contribution in [0.3, 0.4) is 0 Å². The van der Waals surface area contributed by atoms with E-state index in [0.717, 1.165) is 5.69 Å². The van der Waals surface area contributed by atoms with Crippen LogP contribution in [0.25, 0.3) is 16.7 Å². The van der Waals surface area contributed by atoms with E-state index < -0.39 is 5.97 Å². The molecule has 0 saturated carbocycles. The summed E-state index contributed by atoms with van der Waals surface area (Å²) in [6.45, 7) is 5.30. The van der Waals surface area contributed by atoms with Crippen molar-refractivity contribution in [1.29, 1.82) is 0 Å². The standard InChI is InChI=1S/C23H27N7O5/c1-13(2)30-23-16(9-25-30)22(27-20(28-23)11-35-14(3)31)26-19-10-29(12-24-19)15-7-17(32-4)21(34-6)18(8-15)33-5/h7-10,12-13H,11H2,1-6H3,(H,26,27,28). The molecule has 4 aromatic rings. The van der Waals surface area contributed by atoms with Crippen LogP contribution in [-0.4, -0.2) is 56.6 Å². The van der Waals surface area contributed by atoms with Crippen LogP contribution >= 0.6 is 0 Å². The van der Waals surface area contributed by atoms with E-state index in [1.807, 2.05) is 30.5 Å². The minimum Gasteiger partial charge on any atom is -0.493 e. The number of imidazole rings is 1. The monoisotopic (exact) mass is 481 g/mol. The van der Waals surface area contributed by atoms with Crippen molar-refractivity contribution in [2.45, 2.75) is 33.4 Å². The molecule has 0 radical (unpaired) electrons. The van der Waals surface area contributed by atoms with Gasteiger partial charge in [-0.2, -0.15) is 5.10 Å². The van der Waals surface area contributed by atoms with Crippen LogP contribution in [0.1, 0.15) is 32.6 Å². The van der Waals surface area contributed by atoms with Crippen molar-refractivity contribution in [3.63, 3.8) is 0 Å². The second-order valence-electron chi connectivity index (χ2n) is 7.86. The number of carbonyl (C=O) groups is 1. The van der Waals surface area contributed by atoms with Gasteiger partial charge < -0.3 is 28.8 Å². The van der Waals surface area contributed by atoms with Gasteiger partial charge in [-0.25, -0.2) is 19.6 Å². The Labute approximate surface area is 201 Å². The van der Waals surface area contributed by atoms with Gasteiger partial charge in [0.2, 0.25) is 5.75 Å². The molecule has 35 heavy (non-hydrogen) atoms. The van der Waals surface area contributed by atoms with Crippen LogP contribution in [-0.2, 0) is 16.1 Å². The molecule has 4 rings (SSSR count). The third-order valence-electron chi connectivity index (χ3n) is 5.17. The van der Waals surface area contributed by atoms with Crippen LogP contribution in [0, 0.1) is 0 Å². The number of hydrogen-bond donors (Lipinski definition) is 1. The van der Waals surface area contributed by atoms with Gasteiger partial charge in [-0.3, -0.25) is 4.79 Å². The van der Waals surface area contributed by atoms with Crippen LogP contribution in [0.5, 0.6) is 17.2 Å². The number of fused-ring (bicyclic) bond motifs is 1. The van der Waals surface area contributed by atoms with E-state index in [1.165, 1.54) is 6.92 Å². The zero-order valence-electron chi connectivity index (χ0n) is 20.4. The highest BCUT2D eigenvalue weighted by Crippen LogP contribution is 2.39. The number of aromatic nitrogens is 6. The van der Waals surface area contributed by atoms with Crippen LogP contribution < -0.4 is 19.5 Å². The molecule has 0 amide bonds. The Morgan fingerprint density at radius 1 is 1.09 bits per heavy atom. The van der Waals surface area contributed by atoms with Gasteiger partial charge in [0.25, 0.3) is 0 Å². The molecule has 3 heterocycles. The molecular formula is C23H27N7O5. The zero-order chi connectivity index (χ0) is 25.1. The minimum absolute atomic E-state index is 0.0525. The summed E-state index contributed by atoms with van der Waals surface area (Å²) in [5.74, 6) is 2.53. The number of nitrogens with zero attached hydrogens (tertiary/aromatic N) is 6. The van der Waals surface area contributed by atoms with Crippen molar-refractivity contribution >= 4 is 28.6 Å². The summed E-state index contributed by atoms with van der Waals surface area (Å²) in [6, 6.07) is 3.72. The smallest absolute Gasteiger partial charge is 0.303 e. The highest BCUT2D eigenvalue weighted by atomic mass is 16.5. The Kier molecular flexibility index (Phi) is 6.71. The quantitative estimate of drug-likeness (QED) is 0.355. The van der Waals surface area contributed by atoms with Gasteiger partial charge in [-0.1, -0.05) is 0 Å². The number of benzene rings is 1. The van der Waals surface area contributed by atoms with Crippen molar-refractivity contribution in [1.82, 2.24) is 29.3 Å². The number of nitrogens with one attached hydrogen (secondary N) is 1. The first kappa shape index (κ1) is 23.8. The van der Waals surface area contributed by atoms with Gasteiger partial charge in [0.15, 0.2) is 29.6 Å². The zero-order valence-corrected chi connectivity index (χ0v) is 20.4. The van der Waals surface area contributed by atoms with Crippen LogP contribution in [0.2, 0.25) is 0 Å². The first-order chi connectivity index (χ1) is 16.8. The average Bonchev–Trinajstić information content (AvgIpc) is 3.49. The Morgan fingerprint density at radius 3 is 2.40 bits per heavy atom. The molecule has 184 valence electrons. The first-order valence-electron chi connectivity index (χ1n) is 10.8. The van der Waals surface area contributed by atoms with Crippen LogP contribution in [0.15, 0.2) is 30.9 Å². The number of methoxy groups -OCH3 is 3. The normalized spacial score (nSPS) is 11.1. The topological polar surface area (TPSA) is 127 Å². The lowest BCUT2D eigenvalue weighted by Gasteiger charge is -2.14. The van der Waals surface area contributed by atoms with Crippen molar-refractivity contribution in [2.75, 3.05) is 26.6 Å². The third-order valence-corrected chi connectivity index (χ3v) is 5.17. The largest absolute Gasteiger partial charge is 0.493 e. The van der Waals surface area contributed by atoms with Crippen molar-refractivity contribution in [2.24, 2.45) is 0 Å².